The van der Waals surface area contributed by atoms with Crippen molar-refractivity contribution in [3.05, 3.63) is 53.7 Å². The lowest BCUT2D eigenvalue weighted by Crippen LogP contribution is -2.43. The minimum absolute atomic E-state index is 0.00271. The van der Waals surface area contributed by atoms with E-state index in [1.165, 1.54) is 12.3 Å². The molecule has 1 aromatic heterocycles. The third kappa shape index (κ3) is 4.48. The number of amides is 1. The molecule has 3 N–H and O–H groups in total. The fourth-order valence-corrected chi connectivity index (χ4v) is 1.92. The Labute approximate surface area is 138 Å². The Morgan fingerprint density at radius 2 is 2.08 bits per heavy atom. The molecule has 0 saturated carbocycles. The highest BCUT2D eigenvalue weighted by Gasteiger charge is 2.18. The average Bonchev–Trinajstić information content (AvgIpc) is 2.55. The number of benzene rings is 1. The fourth-order valence-electron chi connectivity index (χ4n) is 1.92. The topological polar surface area (TPSA) is 77.2 Å². The van der Waals surface area contributed by atoms with Crippen LogP contribution in [0, 0.1) is 17.6 Å². The van der Waals surface area contributed by atoms with Gasteiger partial charge in [-0.25, -0.2) is 13.8 Å². The number of carbonyl (C=O) groups is 1. The number of nitrogens with zero attached hydrogens (tertiary/aromatic N) is 1. The number of ether oxygens (including phenoxy) is 1. The maximum absolute atomic E-state index is 13.7. The van der Waals surface area contributed by atoms with Gasteiger partial charge < -0.3 is 15.8 Å². The first kappa shape index (κ1) is 17.8. The molecule has 2 aromatic rings. The summed E-state index contributed by atoms with van der Waals surface area (Å²) in [4.78, 5) is 16.0. The summed E-state index contributed by atoms with van der Waals surface area (Å²) < 4.78 is 32.0. The zero-order valence-corrected chi connectivity index (χ0v) is 13.4. The number of pyridine rings is 1. The Morgan fingerprint density at radius 3 is 2.75 bits per heavy atom. The molecule has 1 aromatic carbocycles. The molecular weight excluding hydrogens is 316 g/mol. The Hall–Kier alpha value is -2.54. The van der Waals surface area contributed by atoms with Gasteiger partial charge in [-0.1, -0.05) is 19.9 Å². The first-order valence-electron chi connectivity index (χ1n) is 7.48. The van der Waals surface area contributed by atoms with E-state index in [0.29, 0.717) is 5.56 Å². The predicted octanol–water partition coefficient (Wildman–Crippen LogP) is 2.75. The van der Waals surface area contributed by atoms with Gasteiger partial charge in [0.25, 0.3) is 0 Å². The van der Waals surface area contributed by atoms with E-state index in [0.717, 1.165) is 12.1 Å². The summed E-state index contributed by atoms with van der Waals surface area (Å²) in [5.41, 5.74) is 6.32. The molecule has 2 rings (SSSR count). The van der Waals surface area contributed by atoms with Crippen LogP contribution in [0.1, 0.15) is 19.4 Å². The number of nitrogens with one attached hydrogen (secondary N) is 1. The van der Waals surface area contributed by atoms with Crippen molar-refractivity contribution >= 4 is 5.91 Å². The van der Waals surface area contributed by atoms with Gasteiger partial charge in [-0.3, -0.25) is 4.79 Å². The molecule has 1 amide bonds. The van der Waals surface area contributed by atoms with Crippen LogP contribution < -0.4 is 15.8 Å². The third-order valence-corrected chi connectivity index (χ3v) is 3.42. The van der Waals surface area contributed by atoms with Crippen LogP contribution in [-0.4, -0.2) is 16.9 Å². The number of hydrogen-bond donors (Lipinski definition) is 2. The summed E-state index contributed by atoms with van der Waals surface area (Å²) >= 11 is 0. The number of hydrogen-bond acceptors (Lipinski definition) is 4. The van der Waals surface area contributed by atoms with E-state index in [1.807, 2.05) is 13.8 Å². The Kier molecular flexibility index (Phi) is 5.81. The minimum Gasteiger partial charge on any atom is -0.436 e. The lowest BCUT2D eigenvalue weighted by atomic mass is 10.1. The van der Waals surface area contributed by atoms with Gasteiger partial charge in [0.1, 0.15) is 5.82 Å². The summed E-state index contributed by atoms with van der Waals surface area (Å²) in [6.45, 7) is 3.82. The van der Waals surface area contributed by atoms with Crippen LogP contribution in [0.5, 0.6) is 11.6 Å². The summed E-state index contributed by atoms with van der Waals surface area (Å²) in [6.07, 6.45) is 1.47. The van der Waals surface area contributed by atoms with Crippen LogP contribution in [-0.2, 0) is 11.3 Å². The quantitative estimate of drug-likeness (QED) is 0.851. The highest BCUT2D eigenvalue weighted by molar-refractivity contribution is 5.81. The molecule has 5 nitrogen and oxygen atoms in total. The van der Waals surface area contributed by atoms with Crippen molar-refractivity contribution in [2.24, 2.45) is 11.7 Å². The maximum Gasteiger partial charge on any atom is 0.237 e. The highest BCUT2D eigenvalue weighted by atomic mass is 19.1. The van der Waals surface area contributed by atoms with Crippen molar-refractivity contribution in [2.45, 2.75) is 26.4 Å². The number of aromatic nitrogens is 1. The molecular formula is C17H19F2N3O2. The number of carbonyl (C=O) groups excluding carboxylic acids is 1. The Morgan fingerprint density at radius 1 is 1.33 bits per heavy atom. The largest absolute Gasteiger partial charge is 0.436 e. The number of rotatable bonds is 6. The first-order valence-corrected chi connectivity index (χ1v) is 7.48. The van der Waals surface area contributed by atoms with E-state index in [2.05, 4.69) is 10.3 Å². The van der Waals surface area contributed by atoms with Crippen LogP contribution in [0.4, 0.5) is 8.78 Å². The van der Waals surface area contributed by atoms with Gasteiger partial charge in [0, 0.05) is 24.4 Å². The maximum atomic E-state index is 13.7. The van der Waals surface area contributed by atoms with Crippen LogP contribution in [0.3, 0.4) is 0 Å². The van der Waals surface area contributed by atoms with Gasteiger partial charge in [-0.05, 0) is 24.1 Å². The molecule has 0 aliphatic heterocycles. The minimum atomic E-state index is -0.836. The summed E-state index contributed by atoms with van der Waals surface area (Å²) in [5, 5.41) is 2.69. The van der Waals surface area contributed by atoms with E-state index in [4.69, 9.17) is 10.5 Å². The second-order valence-corrected chi connectivity index (χ2v) is 5.63. The van der Waals surface area contributed by atoms with Gasteiger partial charge in [-0.15, -0.1) is 0 Å². The Bertz CT molecular complexity index is 723. The van der Waals surface area contributed by atoms with Crippen LogP contribution in [0.2, 0.25) is 0 Å². The van der Waals surface area contributed by atoms with E-state index < -0.39 is 17.7 Å². The molecule has 0 aliphatic carbocycles. The van der Waals surface area contributed by atoms with Gasteiger partial charge in [0.2, 0.25) is 11.8 Å². The average molecular weight is 335 g/mol. The van der Waals surface area contributed by atoms with Crippen LogP contribution in [0.25, 0.3) is 0 Å². The molecule has 0 radical (unpaired) electrons. The molecule has 0 bridgehead atoms. The third-order valence-electron chi connectivity index (χ3n) is 3.42. The number of nitrogens with two attached hydrogens (primary N) is 1. The van der Waals surface area contributed by atoms with E-state index >= 15 is 0 Å². The monoisotopic (exact) mass is 335 g/mol. The standard InChI is InChI=1S/C17H19F2N3O2/c1-10(2)15(20)16(23)22-9-11-4-3-7-21-17(11)24-14-6-5-12(18)8-13(14)19/h3-8,10,15H,9,20H2,1-2H3,(H,22,23)/t15-/m1/s1. The summed E-state index contributed by atoms with van der Waals surface area (Å²) in [6, 6.07) is 5.71. The second-order valence-electron chi connectivity index (χ2n) is 5.63. The van der Waals surface area contributed by atoms with Gasteiger partial charge in [0.15, 0.2) is 11.6 Å². The smallest absolute Gasteiger partial charge is 0.237 e. The van der Waals surface area contributed by atoms with Gasteiger partial charge >= 0.3 is 0 Å². The Balaban J connectivity index is 2.11. The van der Waals surface area contributed by atoms with Gasteiger partial charge in [0.05, 0.1) is 6.04 Å². The normalized spacial score (nSPS) is 12.1. The van der Waals surface area contributed by atoms with Crippen molar-refractivity contribution in [3.63, 3.8) is 0 Å². The van der Waals surface area contributed by atoms with E-state index in [1.54, 1.807) is 12.1 Å². The highest BCUT2D eigenvalue weighted by Crippen LogP contribution is 2.26. The zero-order chi connectivity index (χ0) is 17.7. The fraction of sp³-hybridized carbons (Fsp3) is 0.294. The van der Waals surface area contributed by atoms with E-state index in [9.17, 15) is 13.6 Å². The molecule has 0 fully saturated rings. The molecule has 24 heavy (non-hydrogen) atoms. The molecule has 0 saturated heterocycles. The molecule has 1 atom stereocenters. The molecule has 0 aliphatic rings. The molecule has 0 spiro atoms. The van der Waals surface area contributed by atoms with Crippen molar-refractivity contribution in [3.8, 4) is 11.6 Å². The first-order chi connectivity index (χ1) is 11.4. The molecule has 7 heteroatoms. The molecule has 128 valence electrons. The predicted molar refractivity (Wildman–Crippen MR) is 85.3 cm³/mol. The molecule has 1 heterocycles. The summed E-state index contributed by atoms with van der Waals surface area (Å²) in [5.74, 6) is -1.85. The SMILES string of the molecule is CC(C)[C@@H](N)C(=O)NCc1cccnc1Oc1ccc(F)cc1F. The summed E-state index contributed by atoms with van der Waals surface area (Å²) in [7, 11) is 0. The van der Waals surface area contributed by atoms with Gasteiger partial charge in [-0.2, -0.15) is 0 Å². The lowest BCUT2D eigenvalue weighted by Gasteiger charge is -2.16. The van der Waals surface area contributed by atoms with Crippen molar-refractivity contribution in [1.82, 2.24) is 10.3 Å². The van der Waals surface area contributed by atoms with Crippen LogP contribution in [0.15, 0.2) is 36.5 Å². The van der Waals surface area contributed by atoms with E-state index in [-0.39, 0.29) is 30.0 Å². The molecule has 0 unspecified atom stereocenters. The van der Waals surface area contributed by atoms with Crippen molar-refractivity contribution < 1.29 is 18.3 Å². The van der Waals surface area contributed by atoms with Crippen molar-refractivity contribution in [2.75, 3.05) is 0 Å². The number of halogens is 2. The van der Waals surface area contributed by atoms with Crippen molar-refractivity contribution in [1.29, 1.82) is 0 Å². The second kappa shape index (κ2) is 7.83. The lowest BCUT2D eigenvalue weighted by molar-refractivity contribution is -0.123. The zero-order valence-electron chi connectivity index (χ0n) is 13.4. The van der Waals surface area contributed by atoms with Crippen LogP contribution >= 0.6 is 0 Å².